The number of nitrogens with zero attached hydrogens (tertiary/aromatic N) is 2. The van der Waals surface area contributed by atoms with E-state index in [0.29, 0.717) is 28.4 Å². The predicted octanol–water partition coefficient (Wildman–Crippen LogP) is 4.25. The molecule has 1 fully saturated rings. The van der Waals surface area contributed by atoms with E-state index in [1.165, 1.54) is 25.4 Å². The Hall–Kier alpha value is -3.94. The minimum absolute atomic E-state index is 0.317. The molecule has 8 nitrogen and oxygen atoms in total. The van der Waals surface area contributed by atoms with Gasteiger partial charge in [-0.1, -0.05) is 50.2 Å². The van der Waals surface area contributed by atoms with E-state index in [1.807, 2.05) is 0 Å². The van der Waals surface area contributed by atoms with Gasteiger partial charge in [0.25, 0.3) is 5.91 Å². The highest BCUT2D eigenvalue weighted by Gasteiger charge is 2.55. The van der Waals surface area contributed by atoms with E-state index in [9.17, 15) is 14.4 Å². The van der Waals surface area contributed by atoms with Crippen molar-refractivity contribution in [3.63, 3.8) is 0 Å². The summed E-state index contributed by atoms with van der Waals surface area (Å²) in [6.07, 6.45) is 1.47. The van der Waals surface area contributed by atoms with Gasteiger partial charge in [-0.2, -0.15) is 0 Å². The van der Waals surface area contributed by atoms with Crippen LogP contribution >= 0.6 is 0 Å². The summed E-state index contributed by atoms with van der Waals surface area (Å²) in [7, 11) is 2.99. The van der Waals surface area contributed by atoms with Crippen LogP contribution in [0.5, 0.6) is 11.5 Å². The van der Waals surface area contributed by atoms with Crippen molar-refractivity contribution in [3.05, 3.63) is 60.4 Å². The number of para-hydroxylation sites is 1. The molecular formula is C26H26N2O6. The first-order chi connectivity index (χ1) is 16.2. The first kappa shape index (κ1) is 23.2. The van der Waals surface area contributed by atoms with Crippen molar-refractivity contribution < 1.29 is 28.4 Å². The number of hydrogen-bond acceptors (Lipinski definition) is 7. The summed E-state index contributed by atoms with van der Waals surface area (Å²) in [6, 6.07) is 13.0. The third-order valence-corrected chi connectivity index (χ3v) is 5.96. The van der Waals surface area contributed by atoms with Gasteiger partial charge in [-0.3, -0.25) is 19.3 Å². The van der Waals surface area contributed by atoms with Crippen molar-refractivity contribution in [1.29, 1.82) is 0 Å². The third-order valence-electron chi connectivity index (χ3n) is 5.96. The molecule has 1 amide bonds. The molecule has 2 atom stereocenters. The van der Waals surface area contributed by atoms with Gasteiger partial charge in [-0.05, 0) is 18.2 Å². The van der Waals surface area contributed by atoms with Crippen molar-refractivity contribution in [1.82, 2.24) is 5.16 Å². The Morgan fingerprint density at radius 2 is 1.71 bits per heavy atom. The number of ether oxygens (including phenoxy) is 2. The number of aromatic nitrogens is 1. The van der Waals surface area contributed by atoms with Crippen molar-refractivity contribution >= 4 is 23.2 Å². The zero-order chi connectivity index (χ0) is 24.6. The van der Waals surface area contributed by atoms with Gasteiger partial charge in [0.1, 0.15) is 17.9 Å². The molecule has 3 aromatic rings. The smallest absolute Gasteiger partial charge is 0.295 e. The molecule has 1 saturated heterocycles. The van der Waals surface area contributed by atoms with Crippen LogP contribution < -0.4 is 14.4 Å². The first-order valence-electron chi connectivity index (χ1n) is 10.8. The maximum absolute atomic E-state index is 13.5. The molecule has 2 unspecified atom stereocenters. The van der Waals surface area contributed by atoms with Gasteiger partial charge in [-0.15, -0.1) is 0 Å². The number of rotatable bonds is 6. The Morgan fingerprint density at radius 3 is 2.26 bits per heavy atom. The average Bonchev–Trinajstić information content (AvgIpc) is 3.45. The zero-order valence-corrected chi connectivity index (χ0v) is 19.7. The van der Waals surface area contributed by atoms with Crippen LogP contribution in [-0.4, -0.2) is 36.8 Å². The zero-order valence-electron chi connectivity index (χ0n) is 19.7. The fourth-order valence-corrected chi connectivity index (χ4v) is 4.30. The molecule has 0 spiro atoms. The first-order valence-corrected chi connectivity index (χ1v) is 10.8. The van der Waals surface area contributed by atoms with Gasteiger partial charge in [0, 0.05) is 28.3 Å². The van der Waals surface area contributed by atoms with Crippen molar-refractivity contribution in [2.75, 3.05) is 19.1 Å². The summed E-state index contributed by atoms with van der Waals surface area (Å²) >= 11 is 0. The summed E-state index contributed by atoms with van der Waals surface area (Å²) in [5.41, 5.74) is 1.59. The topological polar surface area (TPSA) is 98.9 Å². The number of anilines is 1. The van der Waals surface area contributed by atoms with Crippen LogP contribution in [-0.2, 0) is 14.4 Å². The van der Waals surface area contributed by atoms with E-state index in [-0.39, 0.29) is 5.78 Å². The third kappa shape index (κ3) is 3.85. The Bertz CT molecular complexity index is 1230. The quantitative estimate of drug-likeness (QED) is 0.399. The highest BCUT2D eigenvalue weighted by atomic mass is 16.5. The molecule has 0 saturated carbocycles. The molecule has 1 aliphatic rings. The van der Waals surface area contributed by atoms with Crippen LogP contribution in [0.3, 0.4) is 0 Å². The SMILES string of the molecule is COc1cccc(C2C(C(=O)C(C)(C)C)C(=O)C(=O)N2c2ccc(-c3ccon3)cc2)c1OC. The van der Waals surface area contributed by atoms with E-state index >= 15 is 0 Å². The van der Waals surface area contributed by atoms with E-state index in [2.05, 4.69) is 5.16 Å². The number of ketones is 2. The second-order valence-electron chi connectivity index (χ2n) is 9.09. The van der Waals surface area contributed by atoms with Gasteiger partial charge >= 0.3 is 0 Å². The highest BCUT2D eigenvalue weighted by Crippen LogP contribution is 2.47. The van der Waals surface area contributed by atoms with Crippen LogP contribution in [0.4, 0.5) is 5.69 Å². The monoisotopic (exact) mass is 462 g/mol. The Balaban J connectivity index is 1.88. The van der Waals surface area contributed by atoms with E-state index < -0.39 is 29.1 Å². The normalized spacial score (nSPS) is 18.3. The lowest BCUT2D eigenvalue weighted by Gasteiger charge is -2.31. The molecule has 2 heterocycles. The Kier molecular flexibility index (Phi) is 6.00. The Labute approximate surface area is 197 Å². The summed E-state index contributed by atoms with van der Waals surface area (Å²) in [6.45, 7) is 5.22. The molecule has 2 aromatic carbocycles. The van der Waals surface area contributed by atoms with Gasteiger partial charge < -0.3 is 14.0 Å². The molecule has 0 bridgehead atoms. The number of hydrogen-bond donors (Lipinski definition) is 0. The number of Topliss-reactive ketones (excluding diaryl/α,β-unsaturated/α-hetero) is 2. The van der Waals surface area contributed by atoms with Gasteiger partial charge in [0.15, 0.2) is 17.3 Å². The molecule has 0 N–H and O–H groups in total. The van der Waals surface area contributed by atoms with Crippen LogP contribution in [0.1, 0.15) is 32.4 Å². The molecule has 34 heavy (non-hydrogen) atoms. The number of amides is 1. The number of methoxy groups -OCH3 is 2. The summed E-state index contributed by atoms with van der Waals surface area (Å²) in [5.74, 6) is -2.18. The lowest BCUT2D eigenvalue weighted by Crippen LogP contribution is -2.36. The number of carbonyl (C=O) groups is 3. The van der Waals surface area contributed by atoms with Crippen LogP contribution in [0.25, 0.3) is 11.3 Å². The molecule has 1 aliphatic heterocycles. The second kappa shape index (κ2) is 8.78. The summed E-state index contributed by atoms with van der Waals surface area (Å²) in [4.78, 5) is 41.4. The van der Waals surface area contributed by atoms with Crippen molar-refractivity contribution in [2.24, 2.45) is 11.3 Å². The highest BCUT2D eigenvalue weighted by molar-refractivity contribution is 6.48. The number of benzene rings is 2. The standard InChI is InChI=1S/C26H26N2O6/c1-26(2,3)24(30)20-21(17-7-6-8-19(32-4)23(17)33-5)28(25(31)22(20)29)16-11-9-15(10-12-16)18-13-14-34-27-18/h6-14,20-21H,1-5H3. The van der Waals surface area contributed by atoms with Crippen molar-refractivity contribution in [3.8, 4) is 22.8 Å². The van der Waals surface area contributed by atoms with Gasteiger partial charge in [0.2, 0.25) is 5.78 Å². The summed E-state index contributed by atoms with van der Waals surface area (Å²) < 4.78 is 16.0. The van der Waals surface area contributed by atoms with Gasteiger partial charge in [-0.25, -0.2) is 0 Å². The molecule has 176 valence electrons. The molecule has 8 heteroatoms. The van der Waals surface area contributed by atoms with Crippen LogP contribution in [0.15, 0.2) is 59.3 Å². The minimum Gasteiger partial charge on any atom is -0.493 e. The maximum atomic E-state index is 13.5. The van der Waals surface area contributed by atoms with E-state index in [4.69, 9.17) is 14.0 Å². The largest absolute Gasteiger partial charge is 0.493 e. The number of carbonyl (C=O) groups excluding carboxylic acids is 3. The molecule has 4 rings (SSSR count). The fourth-order valence-electron chi connectivity index (χ4n) is 4.30. The predicted molar refractivity (Wildman–Crippen MR) is 125 cm³/mol. The average molecular weight is 463 g/mol. The lowest BCUT2D eigenvalue weighted by atomic mass is 9.77. The van der Waals surface area contributed by atoms with E-state index in [1.54, 1.807) is 69.3 Å². The Morgan fingerprint density at radius 1 is 1.00 bits per heavy atom. The molecular weight excluding hydrogens is 436 g/mol. The van der Waals surface area contributed by atoms with Crippen LogP contribution in [0, 0.1) is 11.3 Å². The maximum Gasteiger partial charge on any atom is 0.295 e. The van der Waals surface area contributed by atoms with Crippen molar-refractivity contribution in [2.45, 2.75) is 26.8 Å². The minimum atomic E-state index is -1.19. The second-order valence-corrected chi connectivity index (χ2v) is 9.09. The lowest BCUT2D eigenvalue weighted by molar-refractivity contribution is -0.141. The van der Waals surface area contributed by atoms with Gasteiger partial charge in [0.05, 0.1) is 20.3 Å². The van der Waals surface area contributed by atoms with Crippen LogP contribution in [0.2, 0.25) is 0 Å². The van der Waals surface area contributed by atoms with E-state index in [0.717, 1.165) is 5.56 Å². The molecule has 0 aliphatic carbocycles. The molecule has 0 radical (unpaired) electrons. The molecule has 1 aromatic heterocycles. The fraction of sp³-hybridized carbons (Fsp3) is 0.308. The summed E-state index contributed by atoms with van der Waals surface area (Å²) in [5, 5.41) is 3.92.